The zero-order chi connectivity index (χ0) is 19.5. The summed E-state index contributed by atoms with van der Waals surface area (Å²) in [4.78, 5) is 24.8. The molecule has 0 atom stereocenters. The number of nitriles is 1. The quantitative estimate of drug-likeness (QED) is 0.834. The number of nitrogens with one attached hydrogen (secondary N) is 1. The normalized spacial score (nSPS) is 15.8. The lowest BCUT2D eigenvalue weighted by Crippen LogP contribution is -2.50. The average molecular weight is 356 g/mol. The van der Waals surface area contributed by atoms with E-state index < -0.39 is 17.4 Å². The fraction of sp³-hybridized carbons (Fsp3) is 0.571. The number of nitrogens with zero attached hydrogens (tertiary/aromatic N) is 1. The van der Waals surface area contributed by atoms with Gasteiger partial charge in [0.15, 0.2) is 6.61 Å². The van der Waals surface area contributed by atoms with Gasteiger partial charge in [-0.05, 0) is 75.3 Å². The van der Waals surface area contributed by atoms with Crippen molar-refractivity contribution in [2.24, 2.45) is 0 Å². The van der Waals surface area contributed by atoms with Crippen LogP contribution < -0.4 is 5.32 Å². The van der Waals surface area contributed by atoms with Gasteiger partial charge in [0, 0.05) is 0 Å². The second kappa shape index (κ2) is 7.90. The van der Waals surface area contributed by atoms with Crippen LogP contribution in [0.3, 0.4) is 0 Å². The van der Waals surface area contributed by atoms with E-state index in [0.29, 0.717) is 18.4 Å². The Morgan fingerprint density at radius 2 is 1.46 bits per heavy atom. The molecule has 1 saturated carbocycles. The molecule has 0 bridgehead atoms. The minimum absolute atomic E-state index is 0.368. The summed E-state index contributed by atoms with van der Waals surface area (Å²) in [7, 11) is 0. The van der Waals surface area contributed by atoms with Crippen LogP contribution in [-0.2, 0) is 9.53 Å². The van der Waals surface area contributed by atoms with Crippen molar-refractivity contribution >= 4 is 11.9 Å². The largest absolute Gasteiger partial charge is 0.452 e. The van der Waals surface area contributed by atoms with Crippen molar-refractivity contribution in [3.8, 4) is 6.07 Å². The van der Waals surface area contributed by atoms with E-state index in [1.807, 2.05) is 34.6 Å². The first-order valence-electron chi connectivity index (χ1n) is 9.19. The molecule has 0 saturated heterocycles. The van der Waals surface area contributed by atoms with Crippen LogP contribution in [0.25, 0.3) is 0 Å². The predicted molar refractivity (Wildman–Crippen MR) is 100.0 cm³/mol. The maximum atomic E-state index is 12.6. The van der Waals surface area contributed by atoms with E-state index in [2.05, 4.69) is 11.4 Å². The van der Waals surface area contributed by atoms with Crippen LogP contribution in [0.15, 0.2) is 0 Å². The van der Waals surface area contributed by atoms with Gasteiger partial charge in [-0.3, -0.25) is 4.79 Å². The molecule has 1 aromatic carbocycles. The molecule has 2 rings (SSSR count). The number of hydrogen-bond acceptors (Lipinski definition) is 4. The second-order valence-corrected chi connectivity index (χ2v) is 7.38. The summed E-state index contributed by atoms with van der Waals surface area (Å²) in [5.74, 6) is -0.909. The Hall–Kier alpha value is -2.35. The van der Waals surface area contributed by atoms with Gasteiger partial charge < -0.3 is 10.1 Å². The Bertz CT molecular complexity index is 739. The molecular formula is C21H28N2O3. The number of esters is 1. The highest BCUT2D eigenvalue weighted by Gasteiger charge is 2.33. The molecule has 0 spiro atoms. The van der Waals surface area contributed by atoms with E-state index >= 15 is 0 Å². The SMILES string of the molecule is Cc1c(C)c(C)c(C(=O)OCC(=O)NC2(C#N)CCCCC2)c(C)c1C. The van der Waals surface area contributed by atoms with Crippen molar-refractivity contribution in [1.29, 1.82) is 5.26 Å². The number of rotatable bonds is 4. The Morgan fingerprint density at radius 1 is 0.962 bits per heavy atom. The number of amides is 1. The molecule has 1 fully saturated rings. The third-order valence-corrected chi connectivity index (χ3v) is 5.84. The molecule has 140 valence electrons. The van der Waals surface area contributed by atoms with Gasteiger partial charge in [0.1, 0.15) is 5.54 Å². The van der Waals surface area contributed by atoms with Crippen molar-refractivity contribution in [3.05, 3.63) is 33.4 Å². The Kier molecular flexibility index (Phi) is 6.07. The highest BCUT2D eigenvalue weighted by molar-refractivity contribution is 5.95. The van der Waals surface area contributed by atoms with Gasteiger partial charge in [0.05, 0.1) is 11.6 Å². The lowest BCUT2D eigenvalue weighted by Gasteiger charge is -2.31. The van der Waals surface area contributed by atoms with Gasteiger partial charge in [-0.2, -0.15) is 5.26 Å². The summed E-state index contributed by atoms with van der Waals surface area (Å²) in [5.41, 5.74) is 4.79. The Morgan fingerprint density at radius 3 is 1.96 bits per heavy atom. The Labute approximate surface area is 155 Å². The summed E-state index contributed by atoms with van der Waals surface area (Å²) in [6.45, 7) is 9.45. The third kappa shape index (κ3) is 3.90. The summed E-state index contributed by atoms with van der Waals surface area (Å²) in [6, 6.07) is 2.23. The summed E-state index contributed by atoms with van der Waals surface area (Å²) in [5, 5.41) is 12.2. The Balaban J connectivity index is 2.07. The van der Waals surface area contributed by atoms with Gasteiger partial charge >= 0.3 is 5.97 Å². The number of benzene rings is 1. The third-order valence-electron chi connectivity index (χ3n) is 5.84. The van der Waals surface area contributed by atoms with E-state index in [9.17, 15) is 14.9 Å². The second-order valence-electron chi connectivity index (χ2n) is 7.38. The van der Waals surface area contributed by atoms with Crippen molar-refractivity contribution in [2.75, 3.05) is 6.61 Å². The van der Waals surface area contributed by atoms with E-state index in [1.54, 1.807) is 0 Å². The minimum Gasteiger partial charge on any atom is -0.452 e. The fourth-order valence-corrected chi connectivity index (χ4v) is 3.73. The average Bonchev–Trinajstić information content (AvgIpc) is 2.64. The zero-order valence-corrected chi connectivity index (χ0v) is 16.4. The molecule has 5 heteroatoms. The molecule has 0 aliphatic heterocycles. The van der Waals surface area contributed by atoms with Crippen molar-refractivity contribution in [3.63, 3.8) is 0 Å². The van der Waals surface area contributed by atoms with Crippen LogP contribution in [0.5, 0.6) is 0 Å². The van der Waals surface area contributed by atoms with Crippen LogP contribution in [-0.4, -0.2) is 24.0 Å². The molecule has 5 nitrogen and oxygen atoms in total. The number of carbonyl (C=O) groups excluding carboxylic acids is 2. The zero-order valence-electron chi connectivity index (χ0n) is 16.4. The van der Waals surface area contributed by atoms with Crippen LogP contribution in [0, 0.1) is 45.9 Å². The van der Waals surface area contributed by atoms with Crippen LogP contribution in [0.1, 0.15) is 70.3 Å². The highest BCUT2D eigenvalue weighted by atomic mass is 16.5. The smallest absolute Gasteiger partial charge is 0.339 e. The molecule has 1 N–H and O–H groups in total. The topological polar surface area (TPSA) is 79.2 Å². The monoisotopic (exact) mass is 356 g/mol. The fourth-order valence-electron chi connectivity index (χ4n) is 3.73. The molecule has 0 unspecified atom stereocenters. The van der Waals surface area contributed by atoms with Crippen molar-refractivity contribution in [1.82, 2.24) is 5.32 Å². The standard InChI is InChI=1S/C21H28N2O3/c1-13-14(2)16(4)19(17(5)15(13)3)20(25)26-11-18(24)23-21(12-22)9-7-6-8-10-21/h6-11H2,1-5H3,(H,23,24). The van der Waals surface area contributed by atoms with E-state index in [4.69, 9.17) is 4.74 Å². The van der Waals surface area contributed by atoms with E-state index in [-0.39, 0.29) is 6.61 Å². The summed E-state index contributed by atoms with van der Waals surface area (Å²) < 4.78 is 5.27. The van der Waals surface area contributed by atoms with Crippen molar-refractivity contribution in [2.45, 2.75) is 72.3 Å². The molecule has 0 aromatic heterocycles. The molecular weight excluding hydrogens is 328 g/mol. The molecule has 1 aromatic rings. The van der Waals surface area contributed by atoms with Gasteiger partial charge in [-0.25, -0.2) is 4.79 Å². The maximum Gasteiger partial charge on any atom is 0.339 e. The number of hydrogen-bond donors (Lipinski definition) is 1. The van der Waals surface area contributed by atoms with Gasteiger partial charge in [-0.1, -0.05) is 19.3 Å². The first kappa shape index (κ1) is 20.0. The number of carbonyl (C=O) groups is 2. The predicted octanol–water partition coefficient (Wildman–Crippen LogP) is 3.73. The van der Waals surface area contributed by atoms with E-state index in [1.165, 1.54) is 5.56 Å². The van der Waals surface area contributed by atoms with Gasteiger partial charge in [0.25, 0.3) is 5.91 Å². The first-order valence-corrected chi connectivity index (χ1v) is 9.19. The van der Waals surface area contributed by atoms with Crippen molar-refractivity contribution < 1.29 is 14.3 Å². The minimum atomic E-state index is -0.815. The number of ether oxygens (including phenoxy) is 1. The molecule has 0 heterocycles. The van der Waals surface area contributed by atoms with Gasteiger partial charge in [0.2, 0.25) is 0 Å². The van der Waals surface area contributed by atoms with E-state index in [0.717, 1.165) is 41.5 Å². The lowest BCUT2D eigenvalue weighted by molar-refractivity contribution is -0.125. The molecule has 1 aliphatic carbocycles. The van der Waals surface area contributed by atoms with Crippen LogP contribution in [0.2, 0.25) is 0 Å². The molecule has 1 aliphatic rings. The molecule has 1 amide bonds. The molecule has 26 heavy (non-hydrogen) atoms. The first-order chi connectivity index (χ1) is 12.2. The maximum absolute atomic E-state index is 12.6. The van der Waals surface area contributed by atoms with Crippen LogP contribution >= 0.6 is 0 Å². The molecule has 0 radical (unpaired) electrons. The summed E-state index contributed by atoms with van der Waals surface area (Å²) in [6.07, 6.45) is 4.23. The lowest BCUT2D eigenvalue weighted by atomic mass is 9.83. The highest BCUT2D eigenvalue weighted by Crippen LogP contribution is 2.28. The van der Waals surface area contributed by atoms with Gasteiger partial charge in [-0.15, -0.1) is 0 Å². The van der Waals surface area contributed by atoms with Crippen LogP contribution in [0.4, 0.5) is 0 Å². The summed E-state index contributed by atoms with van der Waals surface area (Å²) >= 11 is 0.